The fourth-order valence-electron chi connectivity index (χ4n) is 5.80. The van der Waals surface area contributed by atoms with Gasteiger partial charge in [0.25, 0.3) is 0 Å². The molecule has 0 N–H and O–H groups in total. The van der Waals surface area contributed by atoms with Gasteiger partial charge in [0.1, 0.15) is 5.69 Å². The molecule has 0 aliphatic rings. The number of fused-ring (bicyclic) bond motifs is 4. The van der Waals surface area contributed by atoms with E-state index < -0.39 is 0 Å². The summed E-state index contributed by atoms with van der Waals surface area (Å²) in [5.74, 6) is 0.610. The molecular formula is C39H25N3. The lowest BCUT2D eigenvalue weighted by Gasteiger charge is -2.13. The molecule has 0 amide bonds. The summed E-state index contributed by atoms with van der Waals surface area (Å²) in [5, 5.41) is 6.09. The highest BCUT2D eigenvalue weighted by atomic mass is 14.9. The maximum atomic E-state index is 5.08. The summed E-state index contributed by atoms with van der Waals surface area (Å²) in [6.45, 7) is 0. The molecule has 2 aromatic heterocycles. The van der Waals surface area contributed by atoms with Crippen molar-refractivity contribution in [2.24, 2.45) is 0 Å². The van der Waals surface area contributed by atoms with Gasteiger partial charge in [-0.25, -0.2) is 15.0 Å². The van der Waals surface area contributed by atoms with Crippen LogP contribution in [-0.2, 0) is 0 Å². The Morgan fingerprint density at radius 1 is 0.333 bits per heavy atom. The minimum atomic E-state index is 0.610. The van der Waals surface area contributed by atoms with Gasteiger partial charge in [-0.1, -0.05) is 121 Å². The Hall–Kier alpha value is -5.67. The summed E-state index contributed by atoms with van der Waals surface area (Å²) in [7, 11) is 0. The van der Waals surface area contributed by atoms with Crippen molar-refractivity contribution in [3.05, 3.63) is 152 Å². The summed E-state index contributed by atoms with van der Waals surface area (Å²) < 4.78 is 0. The van der Waals surface area contributed by atoms with E-state index in [2.05, 4.69) is 109 Å². The second kappa shape index (κ2) is 10.1. The molecule has 42 heavy (non-hydrogen) atoms. The Labute approximate surface area is 243 Å². The van der Waals surface area contributed by atoms with Crippen LogP contribution in [0.2, 0.25) is 0 Å². The third-order valence-corrected chi connectivity index (χ3v) is 7.86. The molecule has 0 atom stereocenters. The highest BCUT2D eigenvalue weighted by molar-refractivity contribution is 6.13. The molecule has 0 unspecified atom stereocenters. The number of benzene rings is 6. The smallest absolute Gasteiger partial charge is 0.179 e. The van der Waals surface area contributed by atoms with Gasteiger partial charge in [-0.3, -0.25) is 0 Å². The van der Waals surface area contributed by atoms with Crippen LogP contribution >= 0.6 is 0 Å². The lowest BCUT2D eigenvalue weighted by molar-refractivity contribution is 1.16. The predicted molar refractivity (Wildman–Crippen MR) is 174 cm³/mol. The second-order valence-electron chi connectivity index (χ2n) is 10.5. The molecular weight excluding hydrogens is 510 g/mol. The van der Waals surface area contributed by atoms with E-state index in [1.54, 1.807) is 0 Å². The van der Waals surface area contributed by atoms with Crippen molar-refractivity contribution in [1.29, 1.82) is 0 Å². The number of rotatable bonds is 4. The standard InChI is InChI=1S/C39H25N3/c1-2-11-26(12-3-1)37-25-38(42-39(41-37)36-22-21-27-13-5-9-20-35(27)40-36)30-16-10-15-28(23-30)34-24-29-14-4-6-17-31(29)32-18-7-8-19-33(32)34/h1-25H. The zero-order valence-electron chi connectivity index (χ0n) is 22.8. The molecule has 8 rings (SSSR count). The first-order valence-corrected chi connectivity index (χ1v) is 14.1. The van der Waals surface area contributed by atoms with Crippen LogP contribution in [0.4, 0.5) is 0 Å². The predicted octanol–water partition coefficient (Wildman–Crippen LogP) is 10.00. The van der Waals surface area contributed by atoms with Crippen molar-refractivity contribution < 1.29 is 0 Å². The van der Waals surface area contributed by atoms with Gasteiger partial charge in [-0.2, -0.15) is 0 Å². The van der Waals surface area contributed by atoms with E-state index >= 15 is 0 Å². The van der Waals surface area contributed by atoms with E-state index in [-0.39, 0.29) is 0 Å². The van der Waals surface area contributed by atoms with E-state index in [1.165, 1.54) is 27.1 Å². The molecule has 0 aliphatic heterocycles. The molecule has 0 spiro atoms. The molecule has 3 nitrogen and oxygen atoms in total. The molecule has 0 fully saturated rings. The summed E-state index contributed by atoms with van der Waals surface area (Å²) >= 11 is 0. The highest BCUT2D eigenvalue weighted by Gasteiger charge is 2.14. The van der Waals surface area contributed by atoms with E-state index in [0.717, 1.165) is 44.7 Å². The van der Waals surface area contributed by atoms with Crippen LogP contribution in [0.1, 0.15) is 0 Å². The first-order chi connectivity index (χ1) is 20.8. The molecule has 0 aliphatic carbocycles. The normalized spacial score (nSPS) is 11.3. The quantitative estimate of drug-likeness (QED) is 0.211. The fraction of sp³-hybridized carbons (Fsp3) is 0. The summed E-state index contributed by atoms with van der Waals surface area (Å²) in [6.07, 6.45) is 0. The third kappa shape index (κ3) is 4.29. The van der Waals surface area contributed by atoms with Crippen molar-refractivity contribution in [3.63, 3.8) is 0 Å². The van der Waals surface area contributed by atoms with Crippen molar-refractivity contribution >= 4 is 32.4 Å². The molecule has 2 heterocycles. The summed E-state index contributed by atoms with van der Waals surface area (Å²) in [6, 6.07) is 52.8. The molecule has 196 valence electrons. The first kappa shape index (κ1) is 24.2. The Morgan fingerprint density at radius 2 is 0.976 bits per heavy atom. The molecule has 3 heteroatoms. The number of hydrogen-bond acceptors (Lipinski definition) is 3. The van der Waals surface area contributed by atoms with E-state index in [9.17, 15) is 0 Å². The van der Waals surface area contributed by atoms with Crippen LogP contribution in [0.15, 0.2) is 152 Å². The average molecular weight is 536 g/mol. The van der Waals surface area contributed by atoms with Crippen LogP contribution in [-0.4, -0.2) is 15.0 Å². The zero-order chi connectivity index (χ0) is 27.9. The number of para-hydroxylation sites is 1. The molecule has 6 aromatic carbocycles. The minimum Gasteiger partial charge on any atom is -0.244 e. The average Bonchev–Trinajstić information content (AvgIpc) is 3.08. The van der Waals surface area contributed by atoms with Crippen molar-refractivity contribution in [2.75, 3.05) is 0 Å². The van der Waals surface area contributed by atoms with E-state index in [0.29, 0.717) is 5.82 Å². The van der Waals surface area contributed by atoms with Crippen LogP contribution in [0.5, 0.6) is 0 Å². The second-order valence-corrected chi connectivity index (χ2v) is 10.5. The largest absolute Gasteiger partial charge is 0.244 e. The first-order valence-electron chi connectivity index (χ1n) is 14.1. The number of nitrogens with zero attached hydrogens (tertiary/aromatic N) is 3. The van der Waals surface area contributed by atoms with Gasteiger partial charge in [0, 0.05) is 16.5 Å². The fourth-order valence-corrected chi connectivity index (χ4v) is 5.80. The van der Waals surface area contributed by atoms with Crippen molar-refractivity contribution in [1.82, 2.24) is 15.0 Å². The maximum absolute atomic E-state index is 5.08. The zero-order valence-corrected chi connectivity index (χ0v) is 22.8. The lowest BCUT2D eigenvalue weighted by Crippen LogP contribution is -1.97. The lowest BCUT2D eigenvalue weighted by atomic mass is 9.92. The van der Waals surface area contributed by atoms with Gasteiger partial charge < -0.3 is 0 Å². The minimum absolute atomic E-state index is 0.610. The SMILES string of the molecule is c1ccc(-c2cc(-c3cccc(-c4cc5ccccc5c5ccccc45)c3)nc(-c3ccc4ccccc4n3)n2)cc1. The molecule has 0 saturated heterocycles. The Bertz CT molecular complexity index is 2250. The number of hydrogen-bond donors (Lipinski definition) is 0. The van der Waals surface area contributed by atoms with Gasteiger partial charge >= 0.3 is 0 Å². The van der Waals surface area contributed by atoms with Gasteiger partial charge in [0.05, 0.1) is 16.9 Å². The van der Waals surface area contributed by atoms with Crippen LogP contribution < -0.4 is 0 Å². The monoisotopic (exact) mass is 535 g/mol. The summed E-state index contributed by atoms with van der Waals surface area (Å²) in [4.78, 5) is 15.0. The molecule has 0 bridgehead atoms. The Morgan fingerprint density at radius 3 is 1.83 bits per heavy atom. The third-order valence-electron chi connectivity index (χ3n) is 7.86. The Kier molecular flexibility index (Phi) is 5.79. The van der Waals surface area contributed by atoms with Gasteiger partial charge in [-0.05, 0) is 63.0 Å². The maximum Gasteiger partial charge on any atom is 0.179 e. The van der Waals surface area contributed by atoms with Gasteiger partial charge in [-0.15, -0.1) is 0 Å². The number of pyridine rings is 1. The van der Waals surface area contributed by atoms with Gasteiger partial charge in [0.2, 0.25) is 0 Å². The van der Waals surface area contributed by atoms with Crippen LogP contribution in [0.25, 0.3) is 77.6 Å². The molecule has 8 aromatic rings. The van der Waals surface area contributed by atoms with Gasteiger partial charge in [0.15, 0.2) is 5.82 Å². The topological polar surface area (TPSA) is 38.7 Å². The number of aromatic nitrogens is 3. The molecule has 0 saturated carbocycles. The van der Waals surface area contributed by atoms with E-state index in [1.807, 2.05) is 42.5 Å². The van der Waals surface area contributed by atoms with Crippen LogP contribution in [0.3, 0.4) is 0 Å². The Balaban J connectivity index is 1.32. The van der Waals surface area contributed by atoms with Crippen LogP contribution in [0, 0.1) is 0 Å². The highest BCUT2D eigenvalue weighted by Crippen LogP contribution is 2.37. The van der Waals surface area contributed by atoms with E-state index in [4.69, 9.17) is 15.0 Å². The van der Waals surface area contributed by atoms with Crippen molar-refractivity contribution in [3.8, 4) is 45.2 Å². The molecule has 0 radical (unpaired) electrons. The van der Waals surface area contributed by atoms with Crippen molar-refractivity contribution in [2.45, 2.75) is 0 Å². The summed E-state index contributed by atoms with van der Waals surface area (Å²) in [5.41, 5.74) is 7.85.